The summed E-state index contributed by atoms with van der Waals surface area (Å²) in [4.78, 5) is 23.6. The van der Waals surface area contributed by atoms with Gasteiger partial charge in [-0.3, -0.25) is 4.79 Å². The fourth-order valence-corrected chi connectivity index (χ4v) is 2.68. The highest BCUT2D eigenvalue weighted by molar-refractivity contribution is 5.84. The van der Waals surface area contributed by atoms with Crippen LogP contribution in [0.5, 0.6) is 0 Å². The van der Waals surface area contributed by atoms with E-state index >= 15 is 0 Å². The third-order valence-electron chi connectivity index (χ3n) is 4.13. The van der Waals surface area contributed by atoms with Gasteiger partial charge < -0.3 is 10.4 Å². The first-order chi connectivity index (χ1) is 12.4. The van der Waals surface area contributed by atoms with Crippen molar-refractivity contribution in [3.8, 4) is 0 Å². The number of carbonyl (C=O) groups is 2. The maximum atomic E-state index is 13.3. The SMILES string of the molecule is CC(CCc1ccccc1)CC(=O)NC(C(=O)O)c1ccc(F)c(F)c1. The second-order valence-corrected chi connectivity index (χ2v) is 6.35. The zero-order valence-corrected chi connectivity index (χ0v) is 14.4. The molecule has 2 aromatic carbocycles. The molecule has 0 aliphatic heterocycles. The van der Waals surface area contributed by atoms with Crippen LogP contribution in [0, 0.1) is 17.6 Å². The third kappa shape index (κ3) is 5.65. The number of nitrogens with one attached hydrogen (secondary N) is 1. The van der Waals surface area contributed by atoms with Gasteiger partial charge in [-0.2, -0.15) is 0 Å². The van der Waals surface area contributed by atoms with Crippen molar-refractivity contribution in [1.29, 1.82) is 0 Å². The Morgan fingerprint density at radius 1 is 1.08 bits per heavy atom. The second-order valence-electron chi connectivity index (χ2n) is 6.35. The number of carboxylic acids is 1. The van der Waals surface area contributed by atoms with E-state index in [-0.39, 0.29) is 17.9 Å². The summed E-state index contributed by atoms with van der Waals surface area (Å²) in [5, 5.41) is 11.7. The lowest BCUT2D eigenvalue weighted by Gasteiger charge is -2.17. The van der Waals surface area contributed by atoms with E-state index in [1.165, 1.54) is 5.56 Å². The monoisotopic (exact) mass is 361 g/mol. The molecule has 2 N–H and O–H groups in total. The van der Waals surface area contributed by atoms with E-state index in [1.54, 1.807) is 0 Å². The van der Waals surface area contributed by atoms with Crippen LogP contribution in [0.3, 0.4) is 0 Å². The Labute approximate surface area is 150 Å². The number of aryl methyl sites for hydroxylation is 1. The van der Waals surface area contributed by atoms with E-state index in [2.05, 4.69) is 5.32 Å². The molecule has 0 aromatic heterocycles. The van der Waals surface area contributed by atoms with Crippen LogP contribution in [0.25, 0.3) is 0 Å². The molecule has 0 saturated carbocycles. The smallest absolute Gasteiger partial charge is 0.330 e. The third-order valence-corrected chi connectivity index (χ3v) is 4.13. The molecule has 26 heavy (non-hydrogen) atoms. The van der Waals surface area contributed by atoms with Crippen molar-refractivity contribution in [2.45, 2.75) is 32.2 Å². The standard InChI is InChI=1S/C20H21F2NO3/c1-13(7-8-14-5-3-2-4-6-14)11-18(24)23-19(20(25)26)15-9-10-16(21)17(22)12-15/h2-6,9-10,12-13,19H,7-8,11H2,1H3,(H,23,24)(H,25,26). The van der Waals surface area contributed by atoms with Crippen LogP contribution in [0.1, 0.15) is 36.9 Å². The average molecular weight is 361 g/mol. The molecule has 0 saturated heterocycles. The Morgan fingerprint density at radius 3 is 2.38 bits per heavy atom. The minimum absolute atomic E-state index is 0.0123. The van der Waals surface area contributed by atoms with Crippen molar-refractivity contribution in [3.63, 3.8) is 0 Å². The predicted octanol–water partition coefficient (Wildman–Crippen LogP) is 3.87. The Kier molecular flexibility index (Phi) is 6.83. The van der Waals surface area contributed by atoms with Crippen LogP contribution in [0.4, 0.5) is 8.78 Å². The van der Waals surface area contributed by atoms with Crippen LogP contribution >= 0.6 is 0 Å². The van der Waals surface area contributed by atoms with Gasteiger partial charge in [0.2, 0.25) is 5.91 Å². The molecule has 2 rings (SSSR count). The molecule has 0 bridgehead atoms. The molecule has 0 aliphatic carbocycles. The molecule has 2 unspecified atom stereocenters. The lowest BCUT2D eigenvalue weighted by Crippen LogP contribution is -2.34. The average Bonchev–Trinajstić information content (AvgIpc) is 2.61. The van der Waals surface area contributed by atoms with E-state index in [9.17, 15) is 23.5 Å². The summed E-state index contributed by atoms with van der Waals surface area (Å²) >= 11 is 0. The first-order valence-corrected chi connectivity index (χ1v) is 8.38. The molecule has 1 amide bonds. The fourth-order valence-electron chi connectivity index (χ4n) is 2.68. The molecule has 0 fully saturated rings. The fraction of sp³-hybridized carbons (Fsp3) is 0.300. The van der Waals surface area contributed by atoms with E-state index in [0.717, 1.165) is 31.0 Å². The van der Waals surface area contributed by atoms with Crippen LogP contribution < -0.4 is 5.32 Å². The quantitative estimate of drug-likeness (QED) is 0.750. The van der Waals surface area contributed by atoms with Gasteiger partial charge in [-0.25, -0.2) is 13.6 Å². The lowest BCUT2D eigenvalue weighted by atomic mass is 9.97. The lowest BCUT2D eigenvalue weighted by molar-refractivity contribution is -0.142. The van der Waals surface area contributed by atoms with Gasteiger partial charge in [0, 0.05) is 6.42 Å². The topological polar surface area (TPSA) is 66.4 Å². The second kappa shape index (κ2) is 9.08. The molecule has 2 atom stereocenters. The molecule has 0 aliphatic rings. The van der Waals surface area contributed by atoms with Gasteiger partial charge in [0.1, 0.15) is 0 Å². The predicted molar refractivity (Wildman–Crippen MR) is 93.4 cm³/mol. The van der Waals surface area contributed by atoms with E-state index in [1.807, 2.05) is 37.3 Å². The number of amides is 1. The van der Waals surface area contributed by atoms with Crippen LogP contribution in [-0.4, -0.2) is 17.0 Å². The molecular weight excluding hydrogens is 340 g/mol. The van der Waals surface area contributed by atoms with Crippen molar-refractivity contribution >= 4 is 11.9 Å². The van der Waals surface area contributed by atoms with Gasteiger partial charge in [0.05, 0.1) is 0 Å². The summed E-state index contributed by atoms with van der Waals surface area (Å²) in [6.07, 6.45) is 1.75. The number of halogens is 2. The van der Waals surface area contributed by atoms with E-state index in [4.69, 9.17) is 0 Å². The van der Waals surface area contributed by atoms with Crippen molar-refractivity contribution in [3.05, 3.63) is 71.3 Å². The van der Waals surface area contributed by atoms with Crippen LogP contribution in [0.2, 0.25) is 0 Å². The number of aliphatic carboxylic acids is 1. The van der Waals surface area contributed by atoms with Gasteiger partial charge >= 0.3 is 5.97 Å². The first kappa shape index (κ1) is 19.6. The van der Waals surface area contributed by atoms with Gasteiger partial charge in [0.15, 0.2) is 17.7 Å². The highest BCUT2D eigenvalue weighted by Crippen LogP contribution is 2.18. The van der Waals surface area contributed by atoms with Crippen LogP contribution in [0.15, 0.2) is 48.5 Å². The van der Waals surface area contributed by atoms with Crippen LogP contribution in [-0.2, 0) is 16.0 Å². The van der Waals surface area contributed by atoms with E-state index in [0.29, 0.717) is 0 Å². The Hall–Kier alpha value is -2.76. The summed E-state index contributed by atoms with van der Waals surface area (Å²) in [6.45, 7) is 1.91. The molecule has 4 nitrogen and oxygen atoms in total. The minimum Gasteiger partial charge on any atom is -0.479 e. The van der Waals surface area contributed by atoms with Gasteiger partial charge in [-0.15, -0.1) is 0 Å². The zero-order valence-electron chi connectivity index (χ0n) is 14.4. The Balaban J connectivity index is 1.92. The maximum Gasteiger partial charge on any atom is 0.330 e. The van der Waals surface area contributed by atoms with Gasteiger partial charge in [0.25, 0.3) is 0 Å². The molecule has 2 aromatic rings. The Bertz CT molecular complexity index is 765. The largest absolute Gasteiger partial charge is 0.479 e. The van der Waals surface area contributed by atoms with Gasteiger partial charge in [-0.1, -0.05) is 43.3 Å². The highest BCUT2D eigenvalue weighted by Gasteiger charge is 2.24. The maximum absolute atomic E-state index is 13.3. The summed E-state index contributed by atoms with van der Waals surface area (Å²) < 4.78 is 26.3. The first-order valence-electron chi connectivity index (χ1n) is 8.38. The molecular formula is C20H21F2NO3. The summed E-state index contributed by atoms with van der Waals surface area (Å²) in [6, 6.07) is 11.2. The molecule has 0 spiro atoms. The number of benzene rings is 2. The van der Waals surface area contributed by atoms with Gasteiger partial charge in [-0.05, 0) is 42.0 Å². The number of hydrogen-bond donors (Lipinski definition) is 2. The zero-order chi connectivity index (χ0) is 19.1. The van der Waals surface area contributed by atoms with E-state index < -0.39 is 29.6 Å². The molecule has 6 heteroatoms. The molecule has 0 heterocycles. The number of rotatable bonds is 8. The number of carboxylic acid groups (broad SMARTS) is 1. The summed E-state index contributed by atoms with van der Waals surface area (Å²) in [5.74, 6) is -3.95. The molecule has 0 radical (unpaired) electrons. The van der Waals surface area contributed by atoms with Crippen molar-refractivity contribution < 1.29 is 23.5 Å². The summed E-state index contributed by atoms with van der Waals surface area (Å²) in [7, 11) is 0. The van der Waals surface area contributed by atoms with Crippen molar-refractivity contribution in [2.24, 2.45) is 5.92 Å². The normalized spacial score (nSPS) is 13.0. The minimum atomic E-state index is -1.42. The van der Waals surface area contributed by atoms with Crippen molar-refractivity contribution in [2.75, 3.05) is 0 Å². The van der Waals surface area contributed by atoms with Crippen molar-refractivity contribution in [1.82, 2.24) is 5.32 Å². The number of hydrogen-bond acceptors (Lipinski definition) is 2. The number of carbonyl (C=O) groups excluding carboxylic acids is 1. The molecule has 138 valence electrons. The highest BCUT2D eigenvalue weighted by atomic mass is 19.2. The Morgan fingerprint density at radius 2 is 1.77 bits per heavy atom. The summed E-state index contributed by atoms with van der Waals surface area (Å²) in [5.41, 5.74) is 1.16.